The van der Waals surface area contributed by atoms with Gasteiger partial charge in [-0.3, -0.25) is 4.79 Å². The van der Waals surface area contributed by atoms with Crippen LogP contribution < -0.4 is 0 Å². The van der Waals surface area contributed by atoms with Gasteiger partial charge in [-0.05, 0) is 33.1 Å². The number of carbonyl (C=O) groups excluding carboxylic acids is 1. The Hall–Kier alpha value is -0.900. The molecule has 0 spiro atoms. The number of piperidine rings is 1. The Labute approximate surface area is 113 Å². The van der Waals surface area contributed by atoms with Gasteiger partial charge in [-0.25, -0.2) is 4.98 Å². The first-order chi connectivity index (χ1) is 8.61. The normalized spacial score (nSPS) is 17.2. The van der Waals surface area contributed by atoms with Crippen molar-refractivity contribution in [2.24, 2.45) is 0 Å². The molecule has 0 bridgehead atoms. The summed E-state index contributed by atoms with van der Waals surface area (Å²) >= 11 is 1.83. The second-order valence-electron chi connectivity index (χ2n) is 5.10. The topological polar surface area (TPSA) is 33.2 Å². The molecular formula is C14H22N2OS. The second kappa shape index (κ2) is 5.83. The smallest absolute Gasteiger partial charge is 0.222 e. The van der Waals surface area contributed by atoms with Crippen LogP contribution in [0.2, 0.25) is 0 Å². The van der Waals surface area contributed by atoms with E-state index in [2.05, 4.69) is 25.8 Å². The van der Waals surface area contributed by atoms with Gasteiger partial charge in [0.25, 0.3) is 0 Å². The summed E-state index contributed by atoms with van der Waals surface area (Å²) in [6.45, 7) is 8.08. The highest BCUT2D eigenvalue weighted by Crippen LogP contribution is 2.32. The predicted octanol–water partition coefficient (Wildman–Crippen LogP) is 3.27. The van der Waals surface area contributed by atoms with Crippen LogP contribution in [0.3, 0.4) is 0 Å². The number of amides is 1. The van der Waals surface area contributed by atoms with Crippen LogP contribution >= 0.6 is 11.3 Å². The summed E-state index contributed by atoms with van der Waals surface area (Å²) in [7, 11) is 0. The minimum Gasteiger partial charge on any atom is -0.343 e. The summed E-state index contributed by atoms with van der Waals surface area (Å²) in [6.07, 6.45) is 3.79. The van der Waals surface area contributed by atoms with Gasteiger partial charge >= 0.3 is 0 Å². The maximum absolute atomic E-state index is 11.8. The number of nitrogens with zero attached hydrogens (tertiary/aromatic N) is 2. The average molecular weight is 266 g/mol. The molecule has 100 valence electrons. The van der Waals surface area contributed by atoms with E-state index in [0.717, 1.165) is 32.4 Å². The highest BCUT2D eigenvalue weighted by atomic mass is 32.1. The van der Waals surface area contributed by atoms with Crippen molar-refractivity contribution in [3.05, 3.63) is 15.6 Å². The molecule has 0 aliphatic carbocycles. The van der Waals surface area contributed by atoms with E-state index < -0.39 is 0 Å². The molecule has 1 aromatic heterocycles. The Bertz CT molecular complexity index is 400. The van der Waals surface area contributed by atoms with Gasteiger partial charge in [-0.15, -0.1) is 11.3 Å². The minimum atomic E-state index is 0.322. The molecule has 0 atom stereocenters. The molecule has 1 saturated heterocycles. The number of hydrogen-bond donors (Lipinski definition) is 0. The van der Waals surface area contributed by atoms with Crippen molar-refractivity contribution in [3.63, 3.8) is 0 Å². The monoisotopic (exact) mass is 266 g/mol. The van der Waals surface area contributed by atoms with Crippen molar-refractivity contribution in [1.29, 1.82) is 0 Å². The van der Waals surface area contributed by atoms with Crippen molar-refractivity contribution in [2.75, 3.05) is 13.1 Å². The molecule has 3 nitrogen and oxygen atoms in total. The van der Waals surface area contributed by atoms with Crippen LogP contribution in [0.5, 0.6) is 0 Å². The molecule has 1 amide bonds. The van der Waals surface area contributed by atoms with Gasteiger partial charge in [0.15, 0.2) is 0 Å². The van der Waals surface area contributed by atoms with Gasteiger partial charge in [0.1, 0.15) is 0 Å². The Kier molecular flexibility index (Phi) is 4.38. The quantitative estimate of drug-likeness (QED) is 0.841. The van der Waals surface area contributed by atoms with Gasteiger partial charge in [0.05, 0.1) is 10.7 Å². The molecule has 1 fully saturated rings. The SMILES string of the molecule is CCCC(=O)N1CCC(c2nc(C)c(C)s2)CC1. The lowest BCUT2D eigenvalue weighted by atomic mass is 9.97. The number of aromatic nitrogens is 1. The molecule has 0 radical (unpaired) electrons. The van der Waals surface area contributed by atoms with E-state index in [9.17, 15) is 4.79 Å². The fourth-order valence-corrected chi connectivity index (χ4v) is 3.51. The molecule has 0 aromatic carbocycles. The largest absolute Gasteiger partial charge is 0.343 e. The van der Waals surface area contributed by atoms with Crippen molar-refractivity contribution in [2.45, 2.75) is 52.4 Å². The Morgan fingerprint density at radius 2 is 2.06 bits per heavy atom. The molecule has 2 heterocycles. The molecule has 0 N–H and O–H groups in total. The van der Waals surface area contributed by atoms with Gasteiger partial charge in [0, 0.05) is 30.3 Å². The maximum Gasteiger partial charge on any atom is 0.222 e. The second-order valence-corrected chi connectivity index (χ2v) is 6.33. The summed E-state index contributed by atoms with van der Waals surface area (Å²) in [5.74, 6) is 0.885. The molecule has 1 aliphatic rings. The molecule has 2 rings (SSSR count). The summed E-state index contributed by atoms with van der Waals surface area (Å²) in [5, 5.41) is 1.27. The maximum atomic E-state index is 11.8. The number of hydrogen-bond acceptors (Lipinski definition) is 3. The lowest BCUT2D eigenvalue weighted by Gasteiger charge is -2.31. The Morgan fingerprint density at radius 3 is 2.56 bits per heavy atom. The fourth-order valence-electron chi connectivity index (χ4n) is 2.42. The van der Waals surface area contributed by atoms with Crippen molar-refractivity contribution in [3.8, 4) is 0 Å². The molecule has 18 heavy (non-hydrogen) atoms. The molecule has 0 unspecified atom stereocenters. The van der Waals surface area contributed by atoms with Gasteiger partial charge in [-0.2, -0.15) is 0 Å². The van der Waals surface area contributed by atoms with Crippen LogP contribution in [0, 0.1) is 13.8 Å². The van der Waals surface area contributed by atoms with E-state index in [1.54, 1.807) is 0 Å². The first-order valence-electron chi connectivity index (χ1n) is 6.83. The number of carbonyl (C=O) groups is 1. The highest BCUT2D eigenvalue weighted by molar-refractivity contribution is 7.11. The minimum absolute atomic E-state index is 0.322. The molecular weight excluding hydrogens is 244 g/mol. The number of rotatable bonds is 3. The van der Waals surface area contributed by atoms with E-state index in [4.69, 9.17) is 0 Å². The van der Waals surface area contributed by atoms with E-state index in [0.29, 0.717) is 18.2 Å². The third-order valence-electron chi connectivity index (χ3n) is 3.71. The number of likely N-dealkylation sites (tertiary alicyclic amines) is 1. The van der Waals surface area contributed by atoms with Gasteiger partial charge in [-0.1, -0.05) is 6.92 Å². The molecule has 1 aromatic rings. The summed E-state index contributed by atoms with van der Waals surface area (Å²) in [6, 6.07) is 0. The number of thiazole rings is 1. The summed E-state index contributed by atoms with van der Waals surface area (Å²) in [4.78, 5) is 19.8. The molecule has 0 saturated carbocycles. The number of aryl methyl sites for hydroxylation is 2. The van der Waals surface area contributed by atoms with Crippen LogP contribution in [0.4, 0.5) is 0 Å². The van der Waals surface area contributed by atoms with E-state index in [1.807, 2.05) is 16.2 Å². The lowest BCUT2D eigenvalue weighted by Crippen LogP contribution is -2.37. The van der Waals surface area contributed by atoms with Crippen LogP contribution in [0.15, 0.2) is 0 Å². The molecule has 1 aliphatic heterocycles. The zero-order chi connectivity index (χ0) is 13.1. The van der Waals surface area contributed by atoms with E-state index in [-0.39, 0.29) is 0 Å². The van der Waals surface area contributed by atoms with E-state index in [1.165, 1.54) is 15.6 Å². The van der Waals surface area contributed by atoms with Crippen molar-refractivity contribution in [1.82, 2.24) is 9.88 Å². The van der Waals surface area contributed by atoms with Gasteiger partial charge < -0.3 is 4.90 Å². The first-order valence-corrected chi connectivity index (χ1v) is 7.65. The van der Waals surface area contributed by atoms with Crippen LogP contribution in [-0.2, 0) is 4.79 Å². The van der Waals surface area contributed by atoms with E-state index >= 15 is 0 Å². The fraction of sp³-hybridized carbons (Fsp3) is 0.714. The lowest BCUT2D eigenvalue weighted by molar-refractivity contribution is -0.132. The van der Waals surface area contributed by atoms with Crippen molar-refractivity contribution >= 4 is 17.2 Å². The Morgan fingerprint density at radius 1 is 1.39 bits per heavy atom. The summed E-state index contributed by atoms with van der Waals surface area (Å²) < 4.78 is 0. The van der Waals surface area contributed by atoms with Gasteiger partial charge in [0.2, 0.25) is 5.91 Å². The van der Waals surface area contributed by atoms with Crippen LogP contribution in [0.25, 0.3) is 0 Å². The third-order valence-corrected chi connectivity index (χ3v) is 4.94. The van der Waals surface area contributed by atoms with Crippen LogP contribution in [0.1, 0.15) is 54.1 Å². The first kappa shape index (κ1) is 13.5. The zero-order valence-electron chi connectivity index (χ0n) is 11.5. The predicted molar refractivity (Wildman–Crippen MR) is 75.1 cm³/mol. The molecule has 4 heteroatoms. The Balaban J connectivity index is 1.92. The standard InChI is InChI=1S/C14H22N2OS/c1-4-5-13(17)16-8-6-12(7-9-16)14-15-10(2)11(3)18-14/h12H,4-9H2,1-3H3. The third kappa shape index (κ3) is 2.91. The zero-order valence-corrected chi connectivity index (χ0v) is 12.3. The average Bonchev–Trinajstić information content (AvgIpc) is 2.70. The highest BCUT2D eigenvalue weighted by Gasteiger charge is 2.25. The summed E-state index contributed by atoms with van der Waals surface area (Å²) in [5.41, 5.74) is 1.17. The van der Waals surface area contributed by atoms with Crippen LogP contribution in [-0.4, -0.2) is 28.9 Å². The van der Waals surface area contributed by atoms with Crippen molar-refractivity contribution < 1.29 is 4.79 Å².